The van der Waals surface area contributed by atoms with Crippen LogP contribution >= 0.6 is 11.6 Å². The first-order chi connectivity index (χ1) is 13.1. The number of nitrogens with zero attached hydrogens (tertiary/aromatic N) is 1. The van der Waals surface area contributed by atoms with E-state index in [1.807, 2.05) is 24.3 Å². The molecule has 0 spiro atoms. The molecule has 1 heterocycles. The number of nitrogens with one attached hydrogen (secondary N) is 1. The highest BCUT2D eigenvalue weighted by molar-refractivity contribution is 6.31. The molecule has 2 aromatic carbocycles. The van der Waals surface area contributed by atoms with Crippen LogP contribution in [0.3, 0.4) is 0 Å². The minimum absolute atomic E-state index is 0.0270. The molecule has 1 amide bonds. The second-order valence-electron chi connectivity index (χ2n) is 6.73. The molecule has 0 unspecified atom stereocenters. The van der Waals surface area contributed by atoms with Gasteiger partial charge in [0.1, 0.15) is 0 Å². The van der Waals surface area contributed by atoms with Crippen LogP contribution in [0.1, 0.15) is 28.8 Å². The van der Waals surface area contributed by atoms with Crippen molar-refractivity contribution < 1.29 is 14.3 Å². The molecule has 6 heteroatoms. The number of halogens is 1. The van der Waals surface area contributed by atoms with Gasteiger partial charge in [0.25, 0.3) is 0 Å². The van der Waals surface area contributed by atoms with Crippen LogP contribution < -0.4 is 5.32 Å². The Bertz CT molecular complexity index is 825. The number of esters is 1. The molecule has 142 valence electrons. The van der Waals surface area contributed by atoms with Gasteiger partial charge in [0.2, 0.25) is 5.91 Å². The molecular weight excluding hydrogens is 364 g/mol. The van der Waals surface area contributed by atoms with E-state index in [1.54, 1.807) is 24.3 Å². The zero-order valence-electron chi connectivity index (χ0n) is 15.3. The summed E-state index contributed by atoms with van der Waals surface area (Å²) < 4.78 is 4.72. The number of hydrogen-bond acceptors (Lipinski definition) is 4. The number of anilines is 1. The standard InChI is InChI=1S/C21H23ClN2O3/c1-27-21(26)15-7-4-9-18(12-15)23-20(25)17-8-5-11-24(14-17)13-16-6-2-3-10-19(16)22/h2-4,6-7,9-10,12,17H,5,8,11,13-14H2,1H3,(H,23,25)/t17-/m0/s1. The summed E-state index contributed by atoms with van der Waals surface area (Å²) in [6.45, 7) is 2.38. The van der Waals surface area contributed by atoms with E-state index >= 15 is 0 Å². The van der Waals surface area contributed by atoms with Crippen molar-refractivity contribution in [3.8, 4) is 0 Å². The van der Waals surface area contributed by atoms with Crippen molar-refractivity contribution in [2.75, 3.05) is 25.5 Å². The zero-order valence-corrected chi connectivity index (χ0v) is 16.0. The topological polar surface area (TPSA) is 58.6 Å². The summed E-state index contributed by atoms with van der Waals surface area (Å²) >= 11 is 6.26. The summed E-state index contributed by atoms with van der Waals surface area (Å²) in [5.74, 6) is -0.543. The fourth-order valence-corrected chi connectivity index (χ4v) is 3.56. The predicted molar refractivity (Wildman–Crippen MR) is 106 cm³/mol. The Balaban J connectivity index is 1.62. The Kier molecular flexibility index (Phi) is 6.48. The molecule has 0 radical (unpaired) electrons. The van der Waals surface area contributed by atoms with Crippen molar-refractivity contribution in [1.29, 1.82) is 0 Å². The van der Waals surface area contributed by atoms with Crippen LogP contribution in [0.5, 0.6) is 0 Å². The lowest BCUT2D eigenvalue weighted by atomic mass is 9.96. The van der Waals surface area contributed by atoms with Crippen LogP contribution in [-0.2, 0) is 16.1 Å². The lowest BCUT2D eigenvalue weighted by Crippen LogP contribution is -2.40. The Labute approximate surface area is 164 Å². The van der Waals surface area contributed by atoms with Gasteiger partial charge in [-0.05, 0) is 49.2 Å². The number of rotatable bonds is 5. The maximum absolute atomic E-state index is 12.7. The van der Waals surface area contributed by atoms with Gasteiger partial charge in [0.15, 0.2) is 0 Å². The summed E-state index contributed by atoms with van der Waals surface area (Å²) in [6, 6.07) is 14.6. The van der Waals surface area contributed by atoms with Gasteiger partial charge in [-0.15, -0.1) is 0 Å². The number of benzene rings is 2. The van der Waals surface area contributed by atoms with Crippen LogP contribution in [-0.4, -0.2) is 37.0 Å². The summed E-state index contributed by atoms with van der Waals surface area (Å²) in [6.07, 6.45) is 1.81. The van der Waals surface area contributed by atoms with E-state index in [1.165, 1.54) is 7.11 Å². The first-order valence-corrected chi connectivity index (χ1v) is 9.39. The van der Waals surface area contributed by atoms with Crippen LogP contribution in [0.4, 0.5) is 5.69 Å². The Morgan fingerprint density at radius 1 is 1.22 bits per heavy atom. The number of likely N-dealkylation sites (tertiary alicyclic amines) is 1. The van der Waals surface area contributed by atoms with Crippen LogP contribution in [0, 0.1) is 5.92 Å². The smallest absolute Gasteiger partial charge is 0.337 e. The average molecular weight is 387 g/mol. The third-order valence-electron chi connectivity index (χ3n) is 4.78. The van der Waals surface area contributed by atoms with Gasteiger partial charge in [0, 0.05) is 23.8 Å². The first kappa shape index (κ1) is 19.4. The number of amides is 1. The molecule has 5 nitrogen and oxygen atoms in total. The molecule has 1 fully saturated rings. The number of carbonyl (C=O) groups is 2. The molecular formula is C21H23ClN2O3. The molecule has 2 aromatic rings. The van der Waals surface area contributed by atoms with Crippen LogP contribution in [0.15, 0.2) is 48.5 Å². The maximum Gasteiger partial charge on any atom is 0.337 e. The Morgan fingerprint density at radius 2 is 2.04 bits per heavy atom. The summed E-state index contributed by atoms with van der Waals surface area (Å²) in [5.41, 5.74) is 2.09. The van der Waals surface area contributed by atoms with Gasteiger partial charge in [0.05, 0.1) is 18.6 Å². The number of hydrogen-bond donors (Lipinski definition) is 1. The van der Waals surface area contributed by atoms with Gasteiger partial charge in [-0.2, -0.15) is 0 Å². The fourth-order valence-electron chi connectivity index (χ4n) is 3.37. The highest BCUT2D eigenvalue weighted by Crippen LogP contribution is 2.23. The molecule has 3 rings (SSSR count). The van der Waals surface area contributed by atoms with Crippen molar-refractivity contribution >= 4 is 29.2 Å². The van der Waals surface area contributed by atoms with Crippen LogP contribution in [0.25, 0.3) is 0 Å². The largest absolute Gasteiger partial charge is 0.465 e. The molecule has 1 aliphatic rings. The summed E-state index contributed by atoms with van der Waals surface area (Å²) in [5, 5.41) is 3.68. The highest BCUT2D eigenvalue weighted by Gasteiger charge is 2.26. The van der Waals surface area contributed by atoms with Gasteiger partial charge >= 0.3 is 5.97 Å². The van der Waals surface area contributed by atoms with Crippen molar-refractivity contribution in [3.05, 3.63) is 64.7 Å². The molecule has 1 N–H and O–H groups in total. The second kappa shape index (κ2) is 9.02. The fraction of sp³-hybridized carbons (Fsp3) is 0.333. The SMILES string of the molecule is COC(=O)c1cccc(NC(=O)[C@H]2CCCN(Cc3ccccc3Cl)C2)c1. The molecule has 0 aliphatic carbocycles. The Hall–Kier alpha value is -2.37. The van der Waals surface area contributed by atoms with Crippen molar-refractivity contribution in [2.24, 2.45) is 5.92 Å². The monoisotopic (exact) mass is 386 g/mol. The second-order valence-corrected chi connectivity index (χ2v) is 7.13. The zero-order chi connectivity index (χ0) is 19.2. The molecule has 0 saturated carbocycles. The molecule has 27 heavy (non-hydrogen) atoms. The molecule has 1 aliphatic heterocycles. The van der Waals surface area contributed by atoms with E-state index < -0.39 is 5.97 Å². The van der Waals surface area contributed by atoms with Gasteiger partial charge in [-0.1, -0.05) is 35.9 Å². The van der Waals surface area contributed by atoms with E-state index in [0.717, 1.165) is 36.5 Å². The predicted octanol–water partition coefficient (Wildman–Crippen LogP) is 3.98. The third-order valence-corrected chi connectivity index (χ3v) is 5.15. The third kappa shape index (κ3) is 5.08. The number of methoxy groups -OCH3 is 1. The van der Waals surface area contributed by atoms with E-state index in [2.05, 4.69) is 10.2 Å². The molecule has 0 aromatic heterocycles. The van der Waals surface area contributed by atoms with Crippen LogP contribution in [0.2, 0.25) is 5.02 Å². The van der Waals surface area contributed by atoms with Crippen molar-refractivity contribution in [2.45, 2.75) is 19.4 Å². The number of ether oxygens (including phenoxy) is 1. The number of carbonyl (C=O) groups excluding carboxylic acids is 2. The van der Waals surface area contributed by atoms with Gasteiger partial charge < -0.3 is 10.1 Å². The lowest BCUT2D eigenvalue weighted by molar-refractivity contribution is -0.121. The molecule has 0 bridgehead atoms. The van der Waals surface area contributed by atoms with Gasteiger partial charge in [-0.25, -0.2) is 4.79 Å². The van der Waals surface area contributed by atoms with E-state index in [-0.39, 0.29) is 11.8 Å². The van der Waals surface area contributed by atoms with E-state index in [9.17, 15) is 9.59 Å². The van der Waals surface area contributed by atoms with E-state index in [4.69, 9.17) is 16.3 Å². The summed E-state index contributed by atoms with van der Waals surface area (Å²) in [4.78, 5) is 26.6. The van der Waals surface area contributed by atoms with E-state index in [0.29, 0.717) is 17.8 Å². The lowest BCUT2D eigenvalue weighted by Gasteiger charge is -2.32. The average Bonchev–Trinajstić information content (AvgIpc) is 2.69. The first-order valence-electron chi connectivity index (χ1n) is 9.02. The van der Waals surface area contributed by atoms with Crippen molar-refractivity contribution in [1.82, 2.24) is 4.90 Å². The van der Waals surface area contributed by atoms with Crippen molar-refractivity contribution in [3.63, 3.8) is 0 Å². The maximum atomic E-state index is 12.7. The molecule has 1 atom stereocenters. The number of piperidine rings is 1. The minimum Gasteiger partial charge on any atom is -0.465 e. The highest BCUT2D eigenvalue weighted by atomic mass is 35.5. The Morgan fingerprint density at radius 3 is 2.81 bits per heavy atom. The normalized spacial score (nSPS) is 17.3. The minimum atomic E-state index is -0.422. The summed E-state index contributed by atoms with van der Waals surface area (Å²) in [7, 11) is 1.34. The van der Waals surface area contributed by atoms with Gasteiger partial charge in [-0.3, -0.25) is 9.69 Å². The quantitative estimate of drug-likeness (QED) is 0.790. The molecule has 1 saturated heterocycles.